The molecule has 0 radical (unpaired) electrons. The Hall–Kier alpha value is -0.120. The van der Waals surface area contributed by atoms with Crippen molar-refractivity contribution in [3.8, 4) is 0 Å². The van der Waals surface area contributed by atoms with E-state index in [0.717, 1.165) is 18.5 Å². The molecule has 1 aromatic carbocycles. The molecule has 1 atom stereocenters. The minimum absolute atomic E-state index is 0. The van der Waals surface area contributed by atoms with Crippen LogP contribution in [0.5, 0.6) is 0 Å². The first-order valence-electron chi connectivity index (χ1n) is 4.46. The molecular formula is C10H12BrClFN. The quantitative estimate of drug-likeness (QED) is 0.831. The minimum Gasteiger partial charge on any atom is -0.310 e. The Morgan fingerprint density at radius 2 is 2.21 bits per heavy atom. The first-order valence-corrected chi connectivity index (χ1v) is 5.25. The van der Waals surface area contributed by atoms with Crippen molar-refractivity contribution in [2.45, 2.75) is 18.9 Å². The SMILES string of the molecule is Cl.Fc1cccc([C@H]2CCCN2)c1Br. The second-order valence-electron chi connectivity index (χ2n) is 3.29. The molecule has 2 rings (SSSR count). The van der Waals surface area contributed by atoms with Gasteiger partial charge in [0, 0.05) is 6.04 Å². The average molecular weight is 281 g/mol. The number of rotatable bonds is 1. The Kier molecular flexibility index (Phi) is 4.35. The molecule has 0 amide bonds. The summed E-state index contributed by atoms with van der Waals surface area (Å²) in [6.45, 7) is 1.04. The molecule has 1 nitrogen and oxygen atoms in total. The van der Waals surface area contributed by atoms with Gasteiger partial charge in [-0.05, 0) is 46.9 Å². The van der Waals surface area contributed by atoms with Crippen LogP contribution in [0, 0.1) is 5.82 Å². The van der Waals surface area contributed by atoms with Crippen molar-refractivity contribution in [2.75, 3.05) is 6.54 Å². The van der Waals surface area contributed by atoms with E-state index in [1.54, 1.807) is 6.07 Å². The largest absolute Gasteiger partial charge is 0.310 e. The molecule has 14 heavy (non-hydrogen) atoms. The molecule has 1 aliphatic heterocycles. The maximum absolute atomic E-state index is 13.2. The molecule has 0 bridgehead atoms. The first kappa shape index (κ1) is 12.0. The van der Waals surface area contributed by atoms with Gasteiger partial charge in [0.05, 0.1) is 4.47 Å². The fourth-order valence-electron chi connectivity index (χ4n) is 1.74. The second-order valence-corrected chi connectivity index (χ2v) is 4.08. The number of nitrogens with one attached hydrogen (secondary N) is 1. The van der Waals surface area contributed by atoms with E-state index in [1.807, 2.05) is 6.07 Å². The van der Waals surface area contributed by atoms with Crippen molar-refractivity contribution in [3.63, 3.8) is 0 Å². The molecule has 1 saturated heterocycles. The lowest BCUT2D eigenvalue weighted by atomic mass is 10.1. The van der Waals surface area contributed by atoms with Gasteiger partial charge < -0.3 is 5.32 Å². The van der Waals surface area contributed by atoms with E-state index >= 15 is 0 Å². The van der Waals surface area contributed by atoms with E-state index in [0.29, 0.717) is 10.5 Å². The van der Waals surface area contributed by atoms with E-state index in [2.05, 4.69) is 21.2 Å². The normalized spacial score (nSPS) is 20.6. The van der Waals surface area contributed by atoms with Crippen LogP contribution >= 0.6 is 28.3 Å². The zero-order valence-electron chi connectivity index (χ0n) is 7.59. The maximum Gasteiger partial charge on any atom is 0.137 e. The predicted octanol–water partition coefficient (Wildman–Crippen LogP) is 3.43. The molecule has 4 heteroatoms. The van der Waals surface area contributed by atoms with Crippen LogP contribution in [0.2, 0.25) is 0 Å². The number of halogens is 3. The summed E-state index contributed by atoms with van der Waals surface area (Å²) >= 11 is 3.28. The Morgan fingerprint density at radius 3 is 2.86 bits per heavy atom. The van der Waals surface area contributed by atoms with Gasteiger partial charge in [0.1, 0.15) is 5.82 Å². The molecule has 1 aliphatic rings. The molecule has 1 aromatic rings. The van der Waals surface area contributed by atoms with Gasteiger partial charge in [-0.3, -0.25) is 0 Å². The van der Waals surface area contributed by atoms with Gasteiger partial charge in [0.2, 0.25) is 0 Å². The lowest BCUT2D eigenvalue weighted by Gasteiger charge is -2.12. The summed E-state index contributed by atoms with van der Waals surface area (Å²) < 4.78 is 13.8. The highest BCUT2D eigenvalue weighted by molar-refractivity contribution is 9.10. The second kappa shape index (κ2) is 5.10. The first-order chi connectivity index (χ1) is 6.29. The van der Waals surface area contributed by atoms with Gasteiger partial charge in [-0.15, -0.1) is 12.4 Å². The average Bonchev–Trinajstić information content (AvgIpc) is 2.62. The van der Waals surface area contributed by atoms with E-state index in [1.165, 1.54) is 12.5 Å². The number of benzene rings is 1. The predicted molar refractivity (Wildman–Crippen MR) is 61.3 cm³/mol. The van der Waals surface area contributed by atoms with Crippen LogP contribution in [-0.4, -0.2) is 6.54 Å². The Balaban J connectivity index is 0.000000980. The van der Waals surface area contributed by atoms with Crippen LogP contribution in [0.4, 0.5) is 4.39 Å². The monoisotopic (exact) mass is 279 g/mol. The molecule has 0 unspecified atom stereocenters. The van der Waals surface area contributed by atoms with Gasteiger partial charge in [-0.1, -0.05) is 12.1 Å². The van der Waals surface area contributed by atoms with E-state index < -0.39 is 0 Å². The zero-order valence-corrected chi connectivity index (χ0v) is 10.00. The fraction of sp³-hybridized carbons (Fsp3) is 0.400. The molecule has 1 N–H and O–H groups in total. The Bertz CT molecular complexity index is 313. The van der Waals surface area contributed by atoms with Crippen LogP contribution in [0.15, 0.2) is 22.7 Å². The van der Waals surface area contributed by atoms with Crippen LogP contribution in [0.1, 0.15) is 24.4 Å². The van der Waals surface area contributed by atoms with Crippen molar-refractivity contribution in [3.05, 3.63) is 34.1 Å². The Morgan fingerprint density at radius 1 is 1.43 bits per heavy atom. The number of hydrogen-bond donors (Lipinski definition) is 1. The van der Waals surface area contributed by atoms with Gasteiger partial charge in [-0.25, -0.2) is 4.39 Å². The summed E-state index contributed by atoms with van der Waals surface area (Å²) in [6.07, 6.45) is 2.27. The molecular weight excluding hydrogens is 268 g/mol. The third-order valence-electron chi connectivity index (χ3n) is 2.42. The molecule has 0 saturated carbocycles. The molecule has 0 aliphatic carbocycles. The summed E-state index contributed by atoms with van der Waals surface area (Å²) in [5.41, 5.74) is 1.04. The summed E-state index contributed by atoms with van der Waals surface area (Å²) in [6, 6.07) is 5.53. The lowest BCUT2D eigenvalue weighted by molar-refractivity contribution is 0.598. The summed E-state index contributed by atoms with van der Waals surface area (Å²) in [4.78, 5) is 0. The lowest BCUT2D eigenvalue weighted by Crippen LogP contribution is -2.13. The minimum atomic E-state index is -0.175. The van der Waals surface area contributed by atoms with Crippen molar-refractivity contribution >= 4 is 28.3 Å². The van der Waals surface area contributed by atoms with E-state index in [9.17, 15) is 4.39 Å². The third-order valence-corrected chi connectivity index (χ3v) is 3.25. The van der Waals surface area contributed by atoms with Crippen LogP contribution in [0.3, 0.4) is 0 Å². The van der Waals surface area contributed by atoms with Gasteiger partial charge in [-0.2, -0.15) is 0 Å². The fourth-order valence-corrected chi connectivity index (χ4v) is 2.28. The van der Waals surface area contributed by atoms with Crippen LogP contribution in [0.25, 0.3) is 0 Å². The van der Waals surface area contributed by atoms with E-state index in [-0.39, 0.29) is 18.2 Å². The summed E-state index contributed by atoms with van der Waals surface area (Å²) in [5.74, 6) is -0.175. The molecule has 78 valence electrons. The van der Waals surface area contributed by atoms with Gasteiger partial charge >= 0.3 is 0 Å². The Labute approximate surface area is 97.6 Å². The molecule has 0 spiro atoms. The van der Waals surface area contributed by atoms with Gasteiger partial charge in [0.15, 0.2) is 0 Å². The molecule has 1 fully saturated rings. The van der Waals surface area contributed by atoms with Crippen molar-refractivity contribution in [1.82, 2.24) is 5.32 Å². The summed E-state index contributed by atoms with van der Waals surface area (Å²) in [5, 5.41) is 3.34. The molecule has 1 heterocycles. The van der Waals surface area contributed by atoms with Crippen molar-refractivity contribution in [2.24, 2.45) is 0 Å². The summed E-state index contributed by atoms with van der Waals surface area (Å²) in [7, 11) is 0. The zero-order chi connectivity index (χ0) is 9.26. The highest BCUT2D eigenvalue weighted by atomic mass is 79.9. The van der Waals surface area contributed by atoms with Crippen molar-refractivity contribution < 1.29 is 4.39 Å². The van der Waals surface area contributed by atoms with Gasteiger partial charge in [0.25, 0.3) is 0 Å². The number of hydrogen-bond acceptors (Lipinski definition) is 1. The topological polar surface area (TPSA) is 12.0 Å². The van der Waals surface area contributed by atoms with Crippen molar-refractivity contribution in [1.29, 1.82) is 0 Å². The highest BCUT2D eigenvalue weighted by Gasteiger charge is 2.19. The molecule has 0 aromatic heterocycles. The standard InChI is InChI=1S/C10H11BrFN.ClH/c11-10-7(3-1-4-8(10)12)9-5-2-6-13-9;/h1,3-4,9,13H,2,5-6H2;1H/t9-;/m1./s1. The third kappa shape index (κ3) is 2.27. The van der Waals surface area contributed by atoms with Crippen LogP contribution < -0.4 is 5.32 Å². The van der Waals surface area contributed by atoms with Crippen LogP contribution in [-0.2, 0) is 0 Å². The smallest absolute Gasteiger partial charge is 0.137 e. The van der Waals surface area contributed by atoms with E-state index in [4.69, 9.17) is 0 Å². The highest BCUT2D eigenvalue weighted by Crippen LogP contribution is 2.30. The maximum atomic E-state index is 13.2.